The summed E-state index contributed by atoms with van der Waals surface area (Å²) < 4.78 is 62.3. The molecular formula is C36H26F4N2O4Y2-2. The van der Waals surface area contributed by atoms with Crippen LogP contribution in [0, 0.1) is 56.2 Å². The van der Waals surface area contributed by atoms with Crippen molar-refractivity contribution in [3.05, 3.63) is 146 Å². The van der Waals surface area contributed by atoms with E-state index >= 15 is 0 Å². The van der Waals surface area contributed by atoms with Crippen LogP contribution in [0.2, 0.25) is 0 Å². The van der Waals surface area contributed by atoms with E-state index < -0.39 is 46.1 Å². The summed E-state index contributed by atoms with van der Waals surface area (Å²) in [6.07, 6.45) is 0. The quantitative estimate of drug-likeness (QED) is 0.116. The molecule has 2 radical (unpaired) electrons. The molecule has 4 aromatic carbocycles. The van der Waals surface area contributed by atoms with Crippen LogP contribution in [0.4, 0.5) is 17.6 Å². The Morgan fingerprint density at radius 1 is 0.708 bits per heavy atom. The van der Waals surface area contributed by atoms with Crippen LogP contribution in [0.25, 0.3) is 33.4 Å². The molecule has 5 aromatic rings. The fourth-order valence-corrected chi connectivity index (χ4v) is 5.37. The van der Waals surface area contributed by atoms with Crippen molar-refractivity contribution >= 4 is 17.1 Å². The van der Waals surface area contributed by atoms with Gasteiger partial charge in [-0.2, -0.15) is 65.8 Å². The third kappa shape index (κ3) is 8.00. The molecular weight excluding hydrogens is 778 g/mol. The molecule has 1 unspecified atom stereocenters. The molecule has 0 saturated carbocycles. The van der Waals surface area contributed by atoms with E-state index in [1.807, 2.05) is 0 Å². The molecule has 6 rings (SSSR count). The Morgan fingerprint density at radius 3 is 1.62 bits per heavy atom. The molecule has 1 atom stereocenters. The van der Waals surface area contributed by atoms with Crippen molar-refractivity contribution in [1.29, 1.82) is 0 Å². The minimum Gasteiger partial charge on any atom is -0.425 e. The minimum absolute atomic E-state index is 0. The summed E-state index contributed by atoms with van der Waals surface area (Å²) in [5.74, 6) is -6.26. The Labute approximate surface area is 324 Å². The molecule has 12 heteroatoms. The van der Waals surface area contributed by atoms with E-state index in [9.17, 15) is 32.3 Å². The Morgan fingerprint density at radius 2 is 1.15 bits per heavy atom. The number of hydrogen-bond donors (Lipinski definition) is 2. The van der Waals surface area contributed by atoms with Crippen LogP contribution < -0.4 is 5.56 Å². The maximum Gasteiger partial charge on any atom is 0.342 e. The summed E-state index contributed by atoms with van der Waals surface area (Å²) in [4.78, 5) is 24.5. The smallest absolute Gasteiger partial charge is 0.342 e. The molecule has 0 saturated heterocycles. The van der Waals surface area contributed by atoms with Gasteiger partial charge in [0, 0.05) is 77.9 Å². The zero-order chi connectivity index (χ0) is 33.3. The van der Waals surface area contributed by atoms with Crippen molar-refractivity contribution in [2.24, 2.45) is 0 Å². The zero-order valence-electron chi connectivity index (χ0n) is 26.2. The number of aromatic amines is 1. The number of hydrogen-bond acceptors (Lipinski definition) is 5. The third-order valence-corrected chi connectivity index (χ3v) is 7.26. The number of carbonyl (C=O) groups excluding carboxylic acids is 1. The van der Waals surface area contributed by atoms with Gasteiger partial charge < -0.3 is 9.84 Å². The molecule has 0 aliphatic carbocycles. The van der Waals surface area contributed by atoms with E-state index in [0.29, 0.717) is 33.5 Å². The first-order valence-electron chi connectivity index (χ1n) is 13.9. The van der Waals surface area contributed by atoms with E-state index in [-0.39, 0.29) is 87.7 Å². The summed E-state index contributed by atoms with van der Waals surface area (Å²) in [6.45, 7) is 6.07. The number of benzene rings is 4. The molecule has 1 aromatic heterocycles. The average Bonchev–Trinajstić information content (AvgIpc) is 3.22. The fraction of sp³-hybridized carbons (Fsp3) is 0.139. The number of esters is 1. The number of aryl methyl sites for hydroxylation is 3. The molecule has 48 heavy (non-hydrogen) atoms. The van der Waals surface area contributed by atoms with Crippen molar-refractivity contribution < 1.29 is 97.6 Å². The molecule has 6 nitrogen and oxygen atoms in total. The van der Waals surface area contributed by atoms with Crippen molar-refractivity contribution in [3.63, 3.8) is 0 Å². The first-order chi connectivity index (χ1) is 21.8. The van der Waals surface area contributed by atoms with Gasteiger partial charge in [0.2, 0.25) is 5.79 Å². The summed E-state index contributed by atoms with van der Waals surface area (Å²) >= 11 is 0. The Balaban J connectivity index is 0.000000250. The van der Waals surface area contributed by atoms with Gasteiger partial charge in [-0.1, -0.05) is 0 Å². The molecule has 1 aliphatic rings. The first-order valence-corrected chi connectivity index (χ1v) is 13.9. The number of aliphatic hydroxyl groups is 1. The summed E-state index contributed by atoms with van der Waals surface area (Å²) in [7, 11) is 0. The number of nitrogens with zero attached hydrogens (tertiary/aromatic N) is 1. The summed E-state index contributed by atoms with van der Waals surface area (Å²) in [5.41, 5.74) is 0.970. The Hall–Kier alpha value is -3.14. The molecule has 0 bridgehead atoms. The second kappa shape index (κ2) is 16.0. The topological polar surface area (TPSA) is 92.3 Å². The van der Waals surface area contributed by atoms with E-state index in [4.69, 9.17) is 4.74 Å². The number of carbonyl (C=O) groups is 1. The van der Waals surface area contributed by atoms with Crippen LogP contribution in [-0.2, 0) is 74.9 Å². The van der Waals surface area contributed by atoms with Crippen LogP contribution in [-0.4, -0.2) is 27.1 Å². The molecule has 0 spiro atoms. The van der Waals surface area contributed by atoms with Crippen LogP contribution in [0.1, 0.15) is 34.9 Å². The van der Waals surface area contributed by atoms with Crippen molar-refractivity contribution in [3.8, 4) is 22.3 Å². The largest absolute Gasteiger partial charge is 0.425 e. The van der Waals surface area contributed by atoms with Crippen molar-refractivity contribution in [2.45, 2.75) is 33.5 Å². The maximum absolute atomic E-state index is 14.4. The van der Waals surface area contributed by atoms with Crippen LogP contribution in [0.3, 0.4) is 0 Å². The molecule has 0 fully saturated rings. The summed E-state index contributed by atoms with van der Waals surface area (Å²) in [6, 6.07) is 23.4. The van der Waals surface area contributed by atoms with E-state index in [0.717, 1.165) is 12.1 Å². The van der Waals surface area contributed by atoms with Gasteiger partial charge in [-0.15, -0.1) is 11.1 Å². The normalized spacial score (nSPS) is 15.1. The number of rotatable bonds is 4. The molecule has 2 heterocycles. The van der Waals surface area contributed by atoms with Gasteiger partial charge in [-0.05, 0) is 61.7 Å². The first kappa shape index (κ1) is 39.3. The molecule has 0 amide bonds. The summed E-state index contributed by atoms with van der Waals surface area (Å²) in [5, 5.41) is 16.6. The number of H-pyrrole nitrogens is 1. The fourth-order valence-electron chi connectivity index (χ4n) is 5.37. The van der Waals surface area contributed by atoms with Gasteiger partial charge in [0.15, 0.2) is 0 Å². The van der Waals surface area contributed by atoms with Crippen molar-refractivity contribution in [1.82, 2.24) is 10.2 Å². The van der Waals surface area contributed by atoms with Crippen LogP contribution in [0.15, 0.2) is 77.6 Å². The number of ether oxygens (including phenoxy) is 1. The van der Waals surface area contributed by atoms with Gasteiger partial charge in [0.25, 0.3) is 5.56 Å². The maximum atomic E-state index is 14.4. The predicted molar refractivity (Wildman–Crippen MR) is 164 cm³/mol. The van der Waals surface area contributed by atoms with Crippen molar-refractivity contribution in [2.75, 3.05) is 0 Å². The van der Waals surface area contributed by atoms with Gasteiger partial charge in [0.1, 0.15) is 23.3 Å². The third-order valence-electron chi connectivity index (χ3n) is 7.26. The zero-order valence-corrected chi connectivity index (χ0v) is 31.9. The van der Waals surface area contributed by atoms with Gasteiger partial charge in [0.05, 0.1) is 28.0 Å². The Bertz CT molecular complexity index is 2020. The second-order valence-electron chi connectivity index (χ2n) is 10.8. The number of aromatic nitrogens is 2. The predicted octanol–water partition coefficient (Wildman–Crippen LogP) is 7.04. The number of halogens is 4. The standard InChI is InChI=1S/C18H13F2N2O.C18H13F2O3.2Y/c1-10-8-13(19)16(14(20)9-10)17-15(11(2)21-22-18(17)23)12-6-4-3-5-7-12;1-10-8-12(19)14(13(20)9-10)15-16(11-6-4-3-5-7-11)18(2,22)23-17(15)21;;/h4-9H,1-2H3,(H,22,23);4-9,22H,1-2H3;;/q2*-1;;. The second-order valence-corrected chi connectivity index (χ2v) is 10.8. The molecule has 1 aliphatic heterocycles. The van der Waals surface area contributed by atoms with E-state index in [1.165, 1.54) is 19.1 Å². The van der Waals surface area contributed by atoms with Gasteiger partial charge in [-0.25, -0.2) is 27.5 Å². The van der Waals surface area contributed by atoms with Crippen LogP contribution >= 0.6 is 0 Å². The monoisotopic (exact) mass is 804 g/mol. The van der Waals surface area contributed by atoms with Gasteiger partial charge >= 0.3 is 5.97 Å². The average molecular weight is 804 g/mol. The molecule has 240 valence electrons. The van der Waals surface area contributed by atoms with E-state index in [1.54, 1.807) is 69.3 Å². The number of nitrogens with one attached hydrogen (secondary N) is 1. The van der Waals surface area contributed by atoms with Gasteiger partial charge in [-0.3, -0.25) is 4.79 Å². The number of cyclic esters (lactones) is 1. The van der Waals surface area contributed by atoms with Crippen LogP contribution in [0.5, 0.6) is 0 Å². The Kier molecular flexibility index (Phi) is 13.1. The van der Waals surface area contributed by atoms with E-state index in [2.05, 4.69) is 22.3 Å². The molecule has 2 N–H and O–H groups in total. The SMILES string of the molecule is Cc1cc(F)c(-c2c(-c3cc[c-]cc3)c(C)n[nH]c2=O)c(F)c1.Cc1cc(F)c(C2=C(c3cc[c-]cc3)C(C)(O)OC2=O)c(F)c1.[Y].[Y]. The minimum atomic E-state index is -1.97.